The number of rotatable bonds is 6. The molecule has 2 aromatic carbocycles. The molecular formula is C22H24FN3O5S. The minimum absolute atomic E-state index is 0.0362. The monoisotopic (exact) mass is 461 g/mol. The molecule has 4 rings (SSSR count). The molecule has 0 saturated carbocycles. The van der Waals surface area contributed by atoms with Crippen molar-refractivity contribution in [2.75, 3.05) is 18.4 Å². The van der Waals surface area contributed by atoms with E-state index >= 15 is 0 Å². The number of amides is 1. The van der Waals surface area contributed by atoms with Crippen molar-refractivity contribution in [3.8, 4) is 0 Å². The lowest BCUT2D eigenvalue weighted by molar-refractivity contribution is -0.117. The number of anilines is 1. The van der Waals surface area contributed by atoms with Crippen molar-refractivity contribution in [3.63, 3.8) is 0 Å². The van der Waals surface area contributed by atoms with Crippen molar-refractivity contribution in [1.29, 1.82) is 0 Å². The van der Waals surface area contributed by atoms with Gasteiger partial charge in [-0.3, -0.25) is 9.36 Å². The molecular weight excluding hydrogens is 437 g/mol. The molecule has 8 nitrogen and oxygen atoms in total. The summed E-state index contributed by atoms with van der Waals surface area (Å²) in [6, 6.07) is 10.1. The minimum Gasteiger partial charge on any atom is -0.408 e. The Bertz CT molecular complexity index is 1310. The molecule has 10 heteroatoms. The Morgan fingerprint density at radius 3 is 2.62 bits per heavy atom. The van der Waals surface area contributed by atoms with Crippen LogP contribution < -0.4 is 11.1 Å². The van der Waals surface area contributed by atoms with Gasteiger partial charge < -0.3 is 9.73 Å². The van der Waals surface area contributed by atoms with Crippen LogP contribution in [-0.4, -0.2) is 36.3 Å². The highest BCUT2D eigenvalue weighted by molar-refractivity contribution is 7.89. The van der Waals surface area contributed by atoms with Crippen LogP contribution in [0.1, 0.15) is 26.2 Å². The quantitative estimate of drug-likeness (QED) is 0.608. The standard InChI is InChI=1S/C22H24FN3O5S/c1-2-26-19-7-6-18(14-20(19)31-22(26)28)32(29,30)25-10-8-15(9-11-25)12-21(27)24-17-5-3-4-16(23)13-17/h3-7,13-15H,2,8-12H2,1H3,(H,24,27). The van der Waals surface area contributed by atoms with E-state index in [0.29, 0.717) is 30.6 Å². The Labute approximate surface area is 184 Å². The molecule has 0 radical (unpaired) electrons. The number of oxazole rings is 1. The molecule has 1 N–H and O–H groups in total. The average Bonchev–Trinajstić information content (AvgIpc) is 3.08. The molecule has 3 aromatic rings. The van der Waals surface area contributed by atoms with Crippen molar-refractivity contribution in [2.24, 2.45) is 5.92 Å². The smallest absolute Gasteiger partial charge is 0.408 e. The Morgan fingerprint density at radius 2 is 1.94 bits per heavy atom. The molecule has 0 unspecified atom stereocenters. The average molecular weight is 462 g/mol. The number of hydrogen-bond acceptors (Lipinski definition) is 5. The van der Waals surface area contributed by atoms with Gasteiger partial charge in [-0.15, -0.1) is 0 Å². The minimum atomic E-state index is -3.75. The Morgan fingerprint density at radius 1 is 1.19 bits per heavy atom. The van der Waals surface area contributed by atoms with Crippen molar-refractivity contribution in [2.45, 2.75) is 37.6 Å². The Balaban J connectivity index is 1.39. The third kappa shape index (κ3) is 4.46. The second-order valence-electron chi connectivity index (χ2n) is 7.85. The van der Waals surface area contributed by atoms with Gasteiger partial charge >= 0.3 is 5.76 Å². The molecule has 0 aliphatic carbocycles. The predicted octanol–water partition coefficient (Wildman–Crippen LogP) is 3.18. The van der Waals surface area contributed by atoms with Crippen LogP contribution in [0.25, 0.3) is 11.1 Å². The predicted molar refractivity (Wildman–Crippen MR) is 117 cm³/mol. The molecule has 1 aliphatic heterocycles. The second kappa shape index (κ2) is 8.87. The van der Waals surface area contributed by atoms with Crippen molar-refractivity contribution in [1.82, 2.24) is 8.87 Å². The normalized spacial score (nSPS) is 15.8. The molecule has 1 amide bonds. The first-order valence-electron chi connectivity index (χ1n) is 10.5. The van der Waals surface area contributed by atoms with Crippen LogP contribution in [0.3, 0.4) is 0 Å². The summed E-state index contributed by atoms with van der Waals surface area (Å²) >= 11 is 0. The molecule has 1 aliphatic rings. The van der Waals surface area contributed by atoms with Crippen LogP contribution in [0.5, 0.6) is 0 Å². The summed E-state index contributed by atoms with van der Waals surface area (Å²) < 4.78 is 47.4. The van der Waals surface area contributed by atoms with Crippen LogP contribution in [-0.2, 0) is 21.4 Å². The first-order valence-corrected chi connectivity index (χ1v) is 11.9. The van der Waals surface area contributed by atoms with Crippen LogP contribution in [0.4, 0.5) is 10.1 Å². The number of fused-ring (bicyclic) bond motifs is 1. The van der Waals surface area contributed by atoms with Crippen LogP contribution >= 0.6 is 0 Å². The zero-order valence-corrected chi connectivity index (χ0v) is 18.4. The SMILES string of the molecule is CCn1c(=O)oc2cc(S(=O)(=O)N3CCC(CC(=O)Nc4cccc(F)c4)CC3)ccc21. The molecule has 0 bridgehead atoms. The third-order valence-corrected chi connectivity index (χ3v) is 7.64. The lowest BCUT2D eigenvalue weighted by Gasteiger charge is -2.31. The number of aromatic nitrogens is 1. The van der Waals surface area contributed by atoms with Gasteiger partial charge in [0.1, 0.15) is 5.82 Å². The summed E-state index contributed by atoms with van der Waals surface area (Å²) in [6.45, 7) is 2.82. The summed E-state index contributed by atoms with van der Waals surface area (Å²) in [7, 11) is -3.75. The number of carbonyl (C=O) groups is 1. The summed E-state index contributed by atoms with van der Waals surface area (Å²) in [4.78, 5) is 24.2. The van der Waals surface area contributed by atoms with Gasteiger partial charge in [-0.1, -0.05) is 6.07 Å². The van der Waals surface area contributed by atoms with Gasteiger partial charge in [0.25, 0.3) is 0 Å². The van der Waals surface area contributed by atoms with E-state index in [9.17, 15) is 22.4 Å². The number of hydrogen-bond donors (Lipinski definition) is 1. The maximum Gasteiger partial charge on any atom is 0.419 e. The van der Waals surface area contributed by atoms with E-state index in [4.69, 9.17) is 4.42 Å². The van der Waals surface area contributed by atoms with E-state index in [0.717, 1.165) is 0 Å². The summed E-state index contributed by atoms with van der Waals surface area (Å²) in [5, 5.41) is 2.68. The second-order valence-corrected chi connectivity index (χ2v) is 9.79. The number of nitrogens with one attached hydrogen (secondary N) is 1. The molecule has 0 atom stereocenters. The van der Waals surface area contributed by atoms with Crippen molar-refractivity contribution >= 4 is 32.7 Å². The summed E-state index contributed by atoms with van der Waals surface area (Å²) in [5.74, 6) is -1.13. The number of piperidine rings is 1. The molecule has 1 aromatic heterocycles. The van der Waals surface area contributed by atoms with Crippen LogP contribution in [0.15, 0.2) is 56.6 Å². The molecule has 1 saturated heterocycles. The van der Waals surface area contributed by atoms with Crippen LogP contribution in [0, 0.1) is 11.7 Å². The van der Waals surface area contributed by atoms with Gasteiger partial charge in [0.2, 0.25) is 15.9 Å². The number of benzene rings is 2. The maximum atomic E-state index is 13.3. The van der Waals surface area contributed by atoms with Gasteiger partial charge in [0.15, 0.2) is 5.58 Å². The van der Waals surface area contributed by atoms with E-state index in [1.165, 1.54) is 39.2 Å². The van der Waals surface area contributed by atoms with Gasteiger partial charge in [0, 0.05) is 37.8 Å². The zero-order valence-electron chi connectivity index (χ0n) is 17.6. The molecule has 2 heterocycles. The van der Waals surface area contributed by atoms with E-state index in [2.05, 4.69) is 5.32 Å². The fourth-order valence-electron chi connectivity index (χ4n) is 4.05. The van der Waals surface area contributed by atoms with E-state index < -0.39 is 21.6 Å². The Hall–Kier alpha value is -2.98. The van der Waals surface area contributed by atoms with Gasteiger partial charge in [-0.25, -0.2) is 17.6 Å². The van der Waals surface area contributed by atoms with Gasteiger partial charge in [-0.2, -0.15) is 4.31 Å². The molecule has 1 fully saturated rings. The topological polar surface area (TPSA) is 102 Å². The first kappa shape index (κ1) is 22.2. The number of nitrogens with zero attached hydrogens (tertiary/aromatic N) is 2. The van der Waals surface area contributed by atoms with Gasteiger partial charge in [0.05, 0.1) is 10.4 Å². The van der Waals surface area contributed by atoms with Crippen molar-refractivity contribution < 1.29 is 22.0 Å². The van der Waals surface area contributed by atoms with E-state index in [1.807, 2.05) is 6.92 Å². The first-order chi connectivity index (χ1) is 15.3. The summed E-state index contributed by atoms with van der Waals surface area (Å²) in [5.41, 5.74) is 1.19. The largest absolute Gasteiger partial charge is 0.419 e. The lowest BCUT2D eigenvalue weighted by Crippen LogP contribution is -2.39. The molecule has 0 spiro atoms. The fourth-order valence-corrected chi connectivity index (χ4v) is 5.54. The maximum absolute atomic E-state index is 13.3. The highest BCUT2D eigenvalue weighted by atomic mass is 32.2. The van der Waals surface area contributed by atoms with Crippen LogP contribution in [0.2, 0.25) is 0 Å². The number of aryl methyl sites for hydroxylation is 1. The Kier molecular flexibility index (Phi) is 6.16. The number of carbonyl (C=O) groups excluding carboxylic acids is 1. The lowest BCUT2D eigenvalue weighted by atomic mass is 9.94. The number of sulfonamides is 1. The third-order valence-electron chi connectivity index (χ3n) is 5.75. The van der Waals surface area contributed by atoms with Gasteiger partial charge in [-0.05, 0) is 56.0 Å². The highest BCUT2D eigenvalue weighted by Gasteiger charge is 2.30. The number of halogens is 1. The highest BCUT2D eigenvalue weighted by Crippen LogP contribution is 2.27. The molecule has 170 valence electrons. The van der Waals surface area contributed by atoms with E-state index in [-0.39, 0.29) is 41.8 Å². The zero-order chi connectivity index (χ0) is 22.9. The molecule has 32 heavy (non-hydrogen) atoms. The summed E-state index contributed by atoms with van der Waals surface area (Å²) in [6.07, 6.45) is 1.32. The van der Waals surface area contributed by atoms with Crippen molar-refractivity contribution in [3.05, 3.63) is 58.8 Å². The fraction of sp³-hybridized carbons (Fsp3) is 0.364. The van der Waals surface area contributed by atoms with E-state index in [1.54, 1.807) is 12.1 Å².